The summed E-state index contributed by atoms with van der Waals surface area (Å²) in [4.78, 5) is 4.71. The summed E-state index contributed by atoms with van der Waals surface area (Å²) in [5.41, 5.74) is 5.83. The van der Waals surface area contributed by atoms with Gasteiger partial charge in [-0.2, -0.15) is 5.26 Å². The maximum Gasteiger partial charge on any atom is 0.137 e. The molecule has 0 aliphatic carbocycles. The number of halogens is 1. The molecule has 1 heterocycles. The number of nitriles is 1. The number of allylic oxidation sites excluding steroid dienone is 1. The van der Waals surface area contributed by atoms with Crippen molar-refractivity contribution in [2.24, 2.45) is 0 Å². The van der Waals surface area contributed by atoms with Crippen LogP contribution >= 0.6 is 34.7 Å². The van der Waals surface area contributed by atoms with Crippen LogP contribution in [0.15, 0.2) is 71.8 Å². The molecule has 0 saturated carbocycles. The number of thioether (sulfide) groups is 1. The van der Waals surface area contributed by atoms with E-state index in [1.807, 2.05) is 54.6 Å². The van der Waals surface area contributed by atoms with Gasteiger partial charge in [0.1, 0.15) is 16.6 Å². The highest BCUT2D eigenvalue weighted by atomic mass is 35.5. The molecule has 0 spiro atoms. The lowest BCUT2D eigenvalue weighted by Gasteiger charge is -2.14. The van der Waals surface area contributed by atoms with Gasteiger partial charge in [-0.05, 0) is 60.9 Å². The number of fused-ring (bicyclic) bond motifs is 1. The maximum atomic E-state index is 10.1. The molecule has 0 atom stereocenters. The molecule has 0 aliphatic rings. The van der Waals surface area contributed by atoms with Crippen molar-refractivity contribution in [2.75, 3.05) is 5.32 Å². The van der Waals surface area contributed by atoms with Crippen molar-refractivity contribution in [3.8, 4) is 6.07 Å². The predicted molar refractivity (Wildman–Crippen MR) is 134 cm³/mol. The smallest absolute Gasteiger partial charge is 0.137 e. The van der Waals surface area contributed by atoms with Crippen LogP contribution in [0.25, 0.3) is 15.8 Å². The van der Waals surface area contributed by atoms with Crippen LogP contribution in [0.1, 0.15) is 21.7 Å². The first kappa shape index (κ1) is 21.5. The molecule has 0 bridgehead atoms. The van der Waals surface area contributed by atoms with Gasteiger partial charge >= 0.3 is 0 Å². The van der Waals surface area contributed by atoms with Crippen molar-refractivity contribution in [2.45, 2.75) is 19.6 Å². The summed E-state index contributed by atoms with van der Waals surface area (Å²) in [7, 11) is 0. The zero-order valence-electron chi connectivity index (χ0n) is 17.1. The van der Waals surface area contributed by atoms with Gasteiger partial charge in [0.15, 0.2) is 0 Å². The second-order valence-electron chi connectivity index (χ2n) is 7.11. The van der Waals surface area contributed by atoms with Gasteiger partial charge in [0, 0.05) is 16.5 Å². The molecule has 0 amide bonds. The molecular weight excluding hydrogens is 442 g/mol. The Labute approximate surface area is 195 Å². The van der Waals surface area contributed by atoms with E-state index in [0.29, 0.717) is 16.3 Å². The lowest BCUT2D eigenvalue weighted by molar-refractivity contribution is 1.33. The van der Waals surface area contributed by atoms with Gasteiger partial charge < -0.3 is 5.32 Å². The molecule has 3 aromatic carbocycles. The Morgan fingerprint density at radius 3 is 2.58 bits per heavy atom. The van der Waals surface area contributed by atoms with Crippen molar-refractivity contribution in [3.05, 3.63) is 98.5 Å². The third-order valence-electron chi connectivity index (χ3n) is 4.94. The first-order chi connectivity index (χ1) is 15.0. The quantitative estimate of drug-likeness (QED) is 0.297. The number of rotatable bonds is 6. The Hall–Kier alpha value is -2.78. The molecule has 0 unspecified atom stereocenters. The summed E-state index contributed by atoms with van der Waals surface area (Å²) in [6, 6.07) is 24.3. The SMILES string of the molecule is Cc1ccc(N/C(SCc2ccccc2Cl)=C(/C#N)c2nc3ccccc3s2)cc1C. The van der Waals surface area contributed by atoms with Gasteiger partial charge in [0.25, 0.3) is 0 Å². The maximum absolute atomic E-state index is 10.1. The summed E-state index contributed by atoms with van der Waals surface area (Å²) in [5.74, 6) is 0.642. The highest BCUT2D eigenvalue weighted by Crippen LogP contribution is 2.35. The Bertz CT molecular complexity index is 1280. The summed E-state index contributed by atoms with van der Waals surface area (Å²) in [6.07, 6.45) is 0. The molecule has 0 aliphatic heterocycles. The van der Waals surface area contributed by atoms with Crippen LogP contribution in [0.2, 0.25) is 5.02 Å². The molecule has 6 heteroatoms. The number of hydrogen-bond donors (Lipinski definition) is 1. The normalized spacial score (nSPS) is 11.8. The number of hydrogen-bond acceptors (Lipinski definition) is 5. The van der Waals surface area contributed by atoms with E-state index in [2.05, 4.69) is 37.4 Å². The Balaban J connectivity index is 1.75. The van der Waals surface area contributed by atoms with Crippen LogP contribution in [0.3, 0.4) is 0 Å². The molecule has 3 nitrogen and oxygen atoms in total. The van der Waals surface area contributed by atoms with Crippen molar-refractivity contribution in [3.63, 3.8) is 0 Å². The zero-order chi connectivity index (χ0) is 21.8. The number of aromatic nitrogens is 1. The number of nitrogens with one attached hydrogen (secondary N) is 1. The number of aryl methyl sites for hydroxylation is 2. The molecule has 0 radical (unpaired) electrons. The minimum Gasteiger partial charge on any atom is -0.349 e. The predicted octanol–water partition coefficient (Wildman–Crippen LogP) is 7.80. The molecule has 154 valence electrons. The summed E-state index contributed by atoms with van der Waals surface area (Å²) < 4.78 is 1.06. The molecular formula is C25H20ClN3S2. The van der Waals surface area contributed by atoms with Gasteiger partial charge in [-0.1, -0.05) is 48.0 Å². The van der Waals surface area contributed by atoms with E-state index in [9.17, 15) is 5.26 Å². The number of benzene rings is 3. The van der Waals surface area contributed by atoms with E-state index in [1.165, 1.54) is 22.5 Å². The number of anilines is 1. The standard InChI is InChI=1S/C25H20ClN3S2/c1-16-11-12-19(13-17(16)2)28-24(30-15-18-7-3-4-8-21(18)26)20(14-27)25-29-22-9-5-6-10-23(22)31-25/h3-13,28H,15H2,1-2H3/b24-20+. The van der Waals surface area contributed by atoms with E-state index in [-0.39, 0.29) is 0 Å². The number of thiazole rings is 1. The largest absolute Gasteiger partial charge is 0.349 e. The van der Waals surface area contributed by atoms with Crippen molar-refractivity contribution in [1.82, 2.24) is 4.98 Å². The summed E-state index contributed by atoms with van der Waals surface area (Å²) >= 11 is 9.45. The molecule has 0 saturated heterocycles. The van der Waals surface area contributed by atoms with Gasteiger partial charge in [-0.3, -0.25) is 0 Å². The first-order valence-electron chi connectivity index (χ1n) is 9.76. The lowest BCUT2D eigenvalue weighted by Crippen LogP contribution is -2.01. The fourth-order valence-corrected chi connectivity index (χ4v) is 5.40. The topological polar surface area (TPSA) is 48.7 Å². The average molecular weight is 462 g/mol. The Morgan fingerprint density at radius 2 is 1.84 bits per heavy atom. The van der Waals surface area contributed by atoms with E-state index in [1.54, 1.807) is 11.8 Å². The summed E-state index contributed by atoms with van der Waals surface area (Å²) in [6.45, 7) is 4.17. The third kappa shape index (κ3) is 4.94. The third-order valence-corrected chi connectivity index (χ3v) is 7.41. The van der Waals surface area contributed by atoms with Crippen molar-refractivity contribution < 1.29 is 0 Å². The fraction of sp³-hybridized carbons (Fsp3) is 0.120. The monoisotopic (exact) mass is 461 g/mol. The lowest BCUT2D eigenvalue weighted by atomic mass is 10.1. The molecule has 1 N–H and O–H groups in total. The van der Waals surface area contributed by atoms with Crippen molar-refractivity contribution >= 4 is 56.2 Å². The van der Waals surface area contributed by atoms with Crippen LogP contribution in [-0.4, -0.2) is 4.98 Å². The molecule has 4 aromatic rings. The summed E-state index contributed by atoms with van der Waals surface area (Å²) in [5, 5.41) is 15.8. The van der Waals surface area contributed by atoms with E-state index >= 15 is 0 Å². The van der Waals surface area contributed by atoms with Crippen LogP contribution in [0.5, 0.6) is 0 Å². The van der Waals surface area contributed by atoms with Gasteiger partial charge in [0.2, 0.25) is 0 Å². The zero-order valence-corrected chi connectivity index (χ0v) is 19.5. The van der Waals surface area contributed by atoms with Gasteiger partial charge in [-0.15, -0.1) is 23.1 Å². The molecule has 4 rings (SSSR count). The molecule has 1 aromatic heterocycles. The van der Waals surface area contributed by atoms with Crippen LogP contribution < -0.4 is 5.32 Å². The van der Waals surface area contributed by atoms with Crippen LogP contribution in [0, 0.1) is 25.2 Å². The average Bonchev–Trinajstić information content (AvgIpc) is 3.19. The minimum absolute atomic E-state index is 0.538. The first-order valence-corrected chi connectivity index (χ1v) is 11.9. The number of nitrogens with zero attached hydrogens (tertiary/aromatic N) is 2. The number of para-hydroxylation sites is 1. The second-order valence-corrected chi connectivity index (χ2v) is 9.53. The highest BCUT2D eigenvalue weighted by molar-refractivity contribution is 8.02. The van der Waals surface area contributed by atoms with Crippen molar-refractivity contribution in [1.29, 1.82) is 5.26 Å². The highest BCUT2D eigenvalue weighted by Gasteiger charge is 2.16. The van der Waals surface area contributed by atoms with Gasteiger partial charge in [-0.25, -0.2) is 4.98 Å². The fourth-order valence-electron chi connectivity index (χ4n) is 3.06. The molecule has 31 heavy (non-hydrogen) atoms. The minimum atomic E-state index is 0.538. The van der Waals surface area contributed by atoms with Crippen LogP contribution in [-0.2, 0) is 5.75 Å². The van der Waals surface area contributed by atoms with Crippen LogP contribution in [0.4, 0.5) is 5.69 Å². The molecule has 0 fully saturated rings. The van der Waals surface area contributed by atoms with E-state index in [4.69, 9.17) is 16.6 Å². The van der Waals surface area contributed by atoms with E-state index < -0.39 is 0 Å². The second kappa shape index (κ2) is 9.57. The van der Waals surface area contributed by atoms with E-state index in [0.717, 1.165) is 31.5 Å². The Morgan fingerprint density at radius 1 is 1.06 bits per heavy atom. The Kier molecular flexibility index (Phi) is 6.62. The van der Waals surface area contributed by atoms with Gasteiger partial charge in [0.05, 0.1) is 15.2 Å².